The van der Waals surface area contributed by atoms with Crippen LogP contribution in [0.1, 0.15) is 0 Å². The first-order chi connectivity index (χ1) is 6.13. The number of hydrogen-bond donors (Lipinski definition) is 1. The van der Waals surface area contributed by atoms with Crippen LogP contribution < -0.4 is 5.32 Å². The average Bonchev–Trinajstić information content (AvgIpc) is 2.42. The molecule has 1 aliphatic rings. The van der Waals surface area contributed by atoms with Crippen LogP contribution in [0.4, 0.5) is 9.59 Å². The van der Waals surface area contributed by atoms with E-state index in [9.17, 15) is 9.59 Å². The first-order valence-corrected chi connectivity index (χ1v) is 3.87. The van der Waals surface area contributed by atoms with Crippen LogP contribution in [0, 0.1) is 0 Å². The zero-order valence-electron chi connectivity index (χ0n) is 7.57. The van der Waals surface area contributed by atoms with Crippen LogP contribution in [0.3, 0.4) is 0 Å². The van der Waals surface area contributed by atoms with Crippen molar-refractivity contribution in [3.63, 3.8) is 0 Å². The summed E-state index contributed by atoms with van der Waals surface area (Å²) in [6.45, 7) is 0.769. The van der Waals surface area contributed by atoms with Crippen molar-refractivity contribution in [3.8, 4) is 0 Å². The fourth-order valence-corrected chi connectivity index (χ4v) is 1.03. The third kappa shape index (κ3) is 2.50. The molecule has 1 fully saturated rings. The number of likely N-dealkylation sites (N-methyl/N-ethyl adjacent to an activating group) is 1. The number of carbonyl (C=O) groups excluding carboxylic acids is 2. The predicted molar refractivity (Wildman–Crippen MR) is 43.3 cm³/mol. The van der Waals surface area contributed by atoms with Crippen molar-refractivity contribution in [2.75, 3.05) is 27.2 Å². The Kier molecular flexibility index (Phi) is 2.94. The Hall–Kier alpha value is -1.46. The largest absolute Gasteiger partial charge is 0.453 e. The summed E-state index contributed by atoms with van der Waals surface area (Å²) in [7, 11) is 2.92. The van der Waals surface area contributed by atoms with Crippen molar-refractivity contribution >= 4 is 12.2 Å². The number of amides is 2. The molecule has 0 aromatic heterocycles. The Balaban J connectivity index is 2.24. The standard InChI is InChI=1S/C7H12N2O4/c1-9-4-5(13-7(9)11)3-8-6(10)12-2/h5H,3-4H2,1-2H3,(H,8,10). The van der Waals surface area contributed by atoms with Gasteiger partial charge in [-0.1, -0.05) is 0 Å². The number of carbonyl (C=O) groups is 2. The molecule has 0 saturated carbocycles. The first-order valence-electron chi connectivity index (χ1n) is 3.87. The minimum Gasteiger partial charge on any atom is -0.453 e. The van der Waals surface area contributed by atoms with Gasteiger partial charge >= 0.3 is 12.2 Å². The van der Waals surface area contributed by atoms with Crippen LogP contribution in [-0.4, -0.2) is 50.4 Å². The molecule has 6 nitrogen and oxygen atoms in total. The summed E-state index contributed by atoms with van der Waals surface area (Å²) in [6, 6.07) is 0. The molecule has 1 unspecified atom stereocenters. The lowest BCUT2D eigenvalue weighted by Crippen LogP contribution is -2.33. The third-order valence-electron chi connectivity index (χ3n) is 1.72. The molecule has 6 heteroatoms. The molecular formula is C7H12N2O4. The van der Waals surface area contributed by atoms with E-state index in [1.165, 1.54) is 12.0 Å². The Morgan fingerprint density at radius 2 is 2.54 bits per heavy atom. The van der Waals surface area contributed by atoms with Gasteiger partial charge < -0.3 is 19.7 Å². The second-order valence-electron chi connectivity index (χ2n) is 2.76. The Labute approximate surface area is 75.8 Å². The van der Waals surface area contributed by atoms with Gasteiger partial charge in [-0.2, -0.15) is 0 Å². The molecular weight excluding hydrogens is 176 g/mol. The van der Waals surface area contributed by atoms with Crippen molar-refractivity contribution in [2.45, 2.75) is 6.10 Å². The molecule has 0 aromatic carbocycles. The molecule has 0 aromatic rings. The summed E-state index contributed by atoms with van der Waals surface area (Å²) < 4.78 is 9.24. The van der Waals surface area contributed by atoms with Crippen LogP contribution in [0.15, 0.2) is 0 Å². The Morgan fingerprint density at radius 1 is 1.85 bits per heavy atom. The molecule has 2 amide bonds. The monoisotopic (exact) mass is 188 g/mol. The molecule has 0 radical (unpaired) electrons. The summed E-state index contributed by atoms with van der Waals surface area (Å²) >= 11 is 0. The van der Waals surface area contributed by atoms with E-state index in [1.54, 1.807) is 7.05 Å². The smallest absolute Gasteiger partial charge is 0.410 e. The number of rotatable bonds is 2. The maximum atomic E-state index is 10.9. The first kappa shape index (κ1) is 9.63. The number of nitrogens with one attached hydrogen (secondary N) is 1. The van der Waals surface area contributed by atoms with E-state index in [-0.39, 0.29) is 18.7 Å². The SMILES string of the molecule is COC(=O)NCC1CN(C)C(=O)O1. The van der Waals surface area contributed by atoms with E-state index in [4.69, 9.17) is 4.74 Å². The molecule has 0 spiro atoms. The summed E-state index contributed by atoms with van der Waals surface area (Å²) in [6.07, 6.45) is -1.17. The zero-order valence-corrected chi connectivity index (χ0v) is 7.57. The van der Waals surface area contributed by atoms with E-state index in [1.807, 2.05) is 0 Å². The molecule has 1 heterocycles. The van der Waals surface area contributed by atoms with Crippen molar-refractivity contribution < 1.29 is 19.1 Å². The highest BCUT2D eigenvalue weighted by atomic mass is 16.6. The van der Waals surface area contributed by atoms with E-state index >= 15 is 0 Å². The zero-order chi connectivity index (χ0) is 9.84. The topological polar surface area (TPSA) is 67.9 Å². The maximum Gasteiger partial charge on any atom is 0.410 e. The maximum absolute atomic E-state index is 10.9. The van der Waals surface area contributed by atoms with Crippen LogP contribution in [-0.2, 0) is 9.47 Å². The van der Waals surface area contributed by atoms with Crippen molar-refractivity contribution in [2.24, 2.45) is 0 Å². The van der Waals surface area contributed by atoms with Crippen LogP contribution >= 0.6 is 0 Å². The van der Waals surface area contributed by atoms with Crippen molar-refractivity contribution in [3.05, 3.63) is 0 Å². The van der Waals surface area contributed by atoms with Gasteiger partial charge in [-0.25, -0.2) is 9.59 Å². The van der Waals surface area contributed by atoms with E-state index in [2.05, 4.69) is 10.1 Å². The third-order valence-corrected chi connectivity index (χ3v) is 1.72. The molecule has 1 aliphatic heterocycles. The predicted octanol–water partition coefficient (Wildman–Crippen LogP) is -0.207. The Bertz CT molecular complexity index is 219. The van der Waals surface area contributed by atoms with Crippen LogP contribution in [0.2, 0.25) is 0 Å². The number of nitrogens with zero attached hydrogens (tertiary/aromatic N) is 1. The fourth-order valence-electron chi connectivity index (χ4n) is 1.03. The average molecular weight is 188 g/mol. The molecule has 13 heavy (non-hydrogen) atoms. The molecule has 1 saturated heterocycles. The Morgan fingerprint density at radius 3 is 3.00 bits per heavy atom. The lowest BCUT2D eigenvalue weighted by molar-refractivity contribution is 0.128. The summed E-state index contributed by atoms with van der Waals surface area (Å²) in [5.74, 6) is 0. The van der Waals surface area contributed by atoms with Crippen molar-refractivity contribution in [1.82, 2.24) is 10.2 Å². The minimum atomic E-state index is -0.523. The summed E-state index contributed by atoms with van der Waals surface area (Å²) in [4.78, 5) is 23.0. The number of cyclic esters (lactones) is 1. The number of hydrogen-bond acceptors (Lipinski definition) is 4. The number of alkyl carbamates (subject to hydrolysis) is 1. The van der Waals surface area contributed by atoms with E-state index < -0.39 is 6.09 Å². The second-order valence-corrected chi connectivity index (χ2v) is 2.76. The number of methoxy groups -OCH3 is 1. The molecule has 0 bridgehead atoms. The summed E-state index contributed by atoms with van der Waals surface area (Å²) in [5, 5.41) is 2.45. The van der Waals surface area contributed by atoms with Gasteiger partial charge in [-0.05, 0) is 0 Å². The molecule has 1 rings (SSSR count). The van der Waals surface area contributed by atoms with Gasteiger partial charge in [0.25, 0.3) is 0 Å². The molecule has 1 N–H and O–H groups in total. The quantitative estimate of drug-likeness (QED) is 0.651. The number of ether oxygens (including phenoxy) is 2. The van der Waals surface area contributed by atoms with E-state index in [0.717, 1.165) is 0 Å². The molecule has 74 valence electrons. The van der Waals surface area contributed by atoms with Gasteiger partial charge in [-0.3, -0.25) is 0 Å². The van der Waals surface area contributed by atoms with Crippen LogP contribution in [0.25, 0.3) is 0 Å². The fraction of sp³-hybridized carbons (Fsp3) is 0.714. The molecule has 1 atom stereocenters. The van der Waals surface area contributed by atoms with E-state index in [0.29, 0.717) is 6.54 Å². The van der Waals surface area contributed by atoms with Gasteiger partial charge in [0, 0.05) is 7.05 Å². The van der Waals surface area contributed by atoms with Gasteiger partial charge in [0.1, 0.15) is 6.10 Å². The van der Waals surface area contributed by atoms with Crippen molar-refractivity contribution in [1.29, 1.82) is 0 Å². The highest BCUT2D eigenvalue weighted by Gasteiger charge is 2.28. The minimum absolute atomic E-state index is 0.281. The lowest BCUT2D eigenvalue weighted by Gasteiger charge is -2.08. The van der Waals surface area contributed by atoms with Crippen LogP contribution in [0.5, 0.6) is 0 Å². The normalized spacial score (nSPS) is 21.2. The van der Waals surface area contributed by atoms with Gasteiger partial charge in [0.2, 0.25) is 0 Å². The van der Waals surface area contributed by atoms with Gasteiger partial charge in [0.15, 0.2) is 0 Å². The molecule has 0 aliphatic carbocycles. The summed E-state index contributed by atoms with van der Waals surface area (Å²) in [5.41, 5.74) is 0. The highest BCUT2D eigenvalue weighted by molar-refractivity contribution is 5.70. The highest BCUT2D eigenvalue weighted by Crippen LogP contribution is 2.07. The van der Waals surface area contributed by atoms with Gasteiger partial charge in [0.05, 0.1) is 20.2 Å². The lowest BCUT2D eigenvalue weighted by atomic mass is 10.3. The van der Waals surface area contributed by atoms with Gasteiger partial charge in [-0.15, -0.1) is 0 Å². The second kappa shape index (κ2) is 3.97.